The van der Waals surface area contributed by atoms with Crippen molar-refractivity contribution in [2.24, 2.45) is 5.73 Å². The highest BCUT2D eigenvalue weighted by atomic mass is 32.2. The minimum Gasteiger partial charge on any atom is -0.329 e. The Labute approximate surface area is 109 Å². The lowest BCUT2D eigenvalue weighted by Crippen LogP contribution is -2.53. The molecule has 0 bridgehead atoms. The Morgan fingerprint density at radius 3 is 2.50 bits per heavy atom. The van der Waals surface area contributed by atoms with Gasteiger partial charge in [0, 0.05) is 31.0 Å². The van der Waals surface area contributed by atoms with E-state index in [9.17, 15) is 8.42 Å². The molecule has 2 N–H and O–H groups in total. The highest BCUT2D eigenvalue weighted by Crippen LogP contribution is 2.25. The third kappa shape index (κ3) is 2.71. The van der Waals surface area contributed by atoms with Crippen LogP contribution < -0.4 is 5.73 Å². The molecule has 0 saturated heterocycles. The van der Waals surface area contributed by atoms with Gasteiger partial charge in [-0.2, -0.15) is 4.31 Å². The van der Waals surface area contributed by atoms with Gasteiger partial charge < -0.3 is 5.73 Å². The summed E-state index contributed by atoms with van der Waals surface area (Å²) in [6.07, 6.45) is 3.58. The second-order valence-corrected chi connectivity index (χ2v) is 6.28. The first-order valence-electron chi connectivity index (χ1n) is 6.05. The standard InChI is InChI=1S/C12H21N3O2S/c1-4-12(3,10-13)15(5-2)18(16,17)11-7-6-8-14-9-11/h6-9H,4-5,10,13H2,1-3H3. The van der Waals surface area contributed by atoms with Crippen LogP contribution >= 0.6 is 0 Å². The molecule has 0 aliphatic rings. The second kappa shape index (κ2) is 5.77. The van der Waals surface area contributed by atoms with Crippen molar-refractivity contribution in [3.8, 4) is 0 Å². The first-order valence-corrected chi connectivity index (χ1v) is 7.49. The van der Waals surface area contributed by atoms with Gasteiger partial charge in [0.15, 0.2) is 0 Å². The van der Waals surface area contributed by atoms with Crippen LogP contribution in [0.15, 0.2) is 29.4 Å². The average Bonchev–Trinajstić information content (AvgIpc) is 2.40. The molecule has 5 nitrogen and oxygen atoms in total. The van der Waals surface area contributed by atoms with E-state index in [1.165, 1.54) is 10.5 Å². The van der Waals surface area contributed by atoms with Crippen LogP contribution in [0.5, 0.6) is 0 Å². The summed E-state index contributed by atoms with van der Waals surface area (Å²) < 4.78 is 26.6. The summed E-state index contributed by atoms with van der Waals surface area (Å²) in [5, 5.41) is 0. The maximum Gasteiger partial charge on any atom is 0.245 e. The van der Waals surface area contributed by atoms with Gasteiger partial charge in [-0.25, -0.2) is 8.42 Å². The van der Waals surface area contributed by atoms with Crippen LogP contribution in [0, 0.1) is 0 Å². The van der Waals surface area contributed by atoms with Crippen molar-refractivity contribution in [1.82, 2.24) is 9.29 Å². The molecule has 18 heavy (non-hydrogen) atoms. The predicted octanol–water partition coefficient (Wildman–Crippen LogP) is 1.22. The Balaban J connectivity index is 3.25. The Morgan fingerprint density at radius 2 is 2.11 bits per heavy atom. The zero-order chi connectivity index (χ0) is 13.8. The largest absolute Gasteiger partial charge is 0.329 e. The summed E-state index contributed by atoms with van der Waals surface area (Å²) in [6.45, 7) is 6.30. The molecule has 0 aliphatic carbocycles. The van der Waals surface area contributed by atoms with E-state index in [2.05, 4.69) is 4.98 Å². The summed E-state index contributed by atoms with van der Waals surface area (Å²) in [6, 6.07) is 3.17. The van der Waals surface area contributed by atoms with Crippen molar-refractivity contribution < 1.29 is 8.42 Å². The number of sulfonamides is 1. The Hall–Kier alpha value is -0.980. The normalized spacial score (nSPS) is 15.6. The second-order valence-electron chi connectivity index (χ2n) is 4.41. The topological polar surface area (TPSA) is 76.3 Å². The third-order valence-corrected chi connectivity index (χ3v) is 5.43. The molecule has 1 unspecified atom stereocenters. The molecule has 0 fully saturated rings. The molecule has 0 aromatic carbocycles. The van der Waals surface area contributed by atoms with Crippen LogP contribution in [0.1, 0.15) is 27.2 Å². The minimum atomic E-state index is -3.54. The van der Waals surface area contributed by atoms with Crippen molar-refractivity contribution >= 4 is 10.0 Å². The SMILES string of the molecule is CCN(C(C)(CC)CN)S(=O)(=O)c1cccnc1. The van der Waals surface area contributed by atoms with Gasteiger partial charge in [-0.15, -0.1) is 0 Å². The zero-order valence-corrected chi connectivity index (χ0v) is 11.9. The molecule has 1 aromatic heterocycles. The van der Waals surface area contributed by atoms with Crippen LogP contribution in [0.2, 0.25) is 0 Å². The molecule has 1 heterocycles. The molecule has 1 aromatic rings. The fourth-order valence-electron chi connectivity index (χ4n) is 1.89. The maximum absolute atomic E-state index is 12.6. The Kier molecular flexibility index (Phi) is 4.84. The number of hydrogen-bond donors (Lipinski definition) is 1. The van der Waals surface area contributed by atoms with E-state index in [0.29, 0.717) is 13.0 Å². The molecule has 1 atom stereocenters. The number of nitrogens with zero attached hydrogens (tertiary/aromatic N) is 2. The minimum absolute atomic E-state index is 0.208. The number of nitrogens with two attached hydrogens (primary N) is 1. The Morgan fingerprint density at radius 1 is 1.44 bits per heavy atom. The van der Waals surface area contributed by atoms with Gasteiger partial charge in [-0.1, -0.05) is 13.8 Å². The van der Waals surface area contributed by atoms with Crippen molar-refractivity contribution in [2.75, 3.05) is 13.1 Å². The van der Waals surface area contributed by atoms with Gasteiger partial charge in [0.2, 0.25) is 10.0 Å². The summed E-state index contributed by atoms with van der Waals surface area (Å²) in [5.74, 6) is 0. The van der Waals surface area contributed by atoms with E-state index in [4.69, 9.17) is 5.73 Å². The lowest BCUT2D eigenvalue weighted by atomic mass is 9.99. The number of rotatable bonds is 6. The molecule has 0 spiro atoms. The number of pyridine rings is 1. The Bertz CT molecular complexity index is 469. The molecular formula is C12H21N3O2S. The summed E-state index contributed by atoms with van der Waals surface area (Å²) in [4.78, 5) is 4.07. The van der Waals surface area contributed by atoms with Gasteiger partial charge in [-0.3, -0.25) is 4.98 Å². The molecule has 0 saturated carbocycles. The first-order chi connectivity index (χ1) is 8.42. The summed E-state index contributed by atoms with van der Waals surface area (Å²) in [7, 11) is -3.54. The van der Waals surface area contributed by atoms with Crippen LogP contribution in [-0.4, -0.2) is 36.3 Å². The van der Waals surface area contributed by atoms with Crippen LogP contribution in [0.4, 0.5) is 0 Å². The smallest absolute Gasteiger partial charge is 0.245 e. The lowest BCUT2D eigenvalue weighted by Gasteiger charge is -2.38. The number of aromatic nitrogens is 1. The molecule has 0 amide bonds. The molecule has 0 aliphatic heterocycles. The van der Waals surface area contributed by atoms with Crippen molar-refractivity contribution in [3.05, 3.63) is 24.5 Å². The van der Waals surface area contributed by atoms with Crippen LogP contribution in [-0.2, 0) is 10.0 Å². The molecule has 0 radical (unpaired) electrons. The fraction of sp³-hybridized carbons (Fsp3) is 0.583. The summed E-state index contributed by atoms with van der Waals surface area (Å²) in [5.41, 5.74) is 5.18. The van der Waals surface area contributed by atoms with Crippen LogP contribution in [0.3, 0.4) is 0 Å². The molecule has 6 heteroatoms. The molecule has 102 valence electrons. The monoisotopic (exact) mass is 271 g/mol. The van der Waals surface area contributed by atoms with Gasteiger partial charge in [0.05, 0.1) is 0 Å². The van der Waals surface area contributed by atoms with Gasteiger partial charge in [0.1, 0.15) is 4.90 Å². The first kappa shape index (κ1) is 15.1. The quantitative estimate of drug-likeness (QED) is 0.844. The third-order valence-electron chi connectivity index (χ3n) is 3.31. The van der Waals surface area contributed by atoms with E-state index in [0.717, 1.165) is 0 Å². The fourth-order valence-corrected chi connectivity index (χ4v) is 3.71. The van der Waals surface area contributed by atoms with E-state index >= 15 is 0 Å². The number of likely N-dealkylation sites (N-methyl/N-ethyl adjacent to an activating group) is 1. The zero-order valence-electron chi connectivity index (χ0n) is 11.1. The van der Waals surface area contributed by atoms with Crippen molar-refractivity contribution in [2.45, 2.75) is 37.6 Å². The van der Waals surface area contributed by atoms with E-state index < -0.39 is 15.6 Å². The number of hydrogen-bond acceptors (Lipinski definition) is 4. The van der Waals surface area contributed by atoms with E-state index in [1.54, 1.807) is 18.3 Å². The lowest BCUT2D eigenvalue weighted by molar-refractivity contribution is 0.214. The van der Waals surface area contributed by atoms with E-state index in [-0.39, 0.29) is 11.4 Å². The maximum atomic E-state index is 12.6. The van der Waals surface area contributed by atoms with Crippen molar-refractivity contribution in [1.29, 1.82) is 0 Å². The highest BCUT2D eigenvalue weighted by Gasteiger charge is 2.37. The van der Waals surface area contributed by atoms with Crippen LogP contribution in [0.25, 0.3) is 0 Å². The van der Waals surface area contributed by atoms with Gasteiger partial charge in [-0.05, 0) is 25.5 Å². The molecular weight excluding hydrogens is 250 g/mol. The average molecular weight is 271 g/mol. The van der Waals surface area contributed by atoms with Gasteiger partial charge >= 0.3 is 0 Å². The highest BCUT2D eigenvalue weighted by molar-refractivity contribution is 7.89. The van der Waals surface area contributed by atoms with E-state index in [1.807, 2.05) is 20.8 Å². The summed E-state index contributed by atoms with van der Waals surface area (Å²) >= 11 is 0. The van der Waals surface area contributed by atoms with Crippen molar-refractivity contribution in [3.63, 3.8) is 0 Å². The van der Waals surface area contributed by atoms with Gasteiger partial charge in [0.25, 0.3) is 0 Å². The predicted molar refractivity (Wildman–Crippen MR) is 71.6 cm³/mol. The molecule has 1 rings (SSSR count).